The van der Waals surface area contributed by atoms with Gasteiger partial charge < -0.3 is 33.9 Å². The van der Waals surface area contributed by atoms with Crippen LogP contribution in [0.1, 0.15) is 29.6 Å². The first-order valence-corrected chi connectivity index (χ1v) is 10.8. The molecule has 7 fully saturated rings. The first kappa shape index (κ1) is 17.1. The van der Waals surface area contributed by atoms with Gasteiger partial charge in [-0.05, 0) is 18.6 Å². The molecule has 0 radical (unpaired) electrons. The van der Waals surface area contributed by atoms with Gasteiger partial charge >= 0.3 is 5.97 Å². The maximum atomic E-state index is 12.9. The molecule has 1 aromatic carbocycles. The predicted molar refractivity (Wildman–Crippen MR) is 95.9 cm³/mol. The zero-order chi connectivity index (χ0) is 20.1. The highest BCUT2D eigenvalue weighted by atomic mass is 16.8. The fraction of sp³-hybridized carbons (Fsp3) is 0.682. The van der Waals surface area contributed by atoms with Gasteiger partial charge in [0.25, 0.3) is 0 Å². The topological polar surface area (TPSA) is 104 Å². The van der Waals surface area contributed by atoms with E-state index >= 15 is 0 Å². The van der Waals surface area contributed by atoms with E-state index in [0.29, 0.717) is 18.4 Å². The Labute approximate surface area is 172 Å². The van der Waals surface area contributed by atoms with Gasteiger partial charge in [0.15, 0.2) is 12.6 Å². The number of fused-ring (bicyclic) bond motifs is 4. The van der Waals surface area contributed by atoms with Gasteiger partial charge in [-0.3, -0.25) is 0 Å². The van der Waals surface area contributed by atoms with Crippen LogP contribution in [0.25, 0.3) is 0 Å². The minimum absolute atomic E-state index is 0.0596. The normalized spacial score (nSPS) is 59.5. The average molecular weight is 414 g/mol. The summed E-state index contributed by atoms with van der Waals surface area (Å²) in [5.41, 5.74) is -1.01. The molecule has 11 atom stereocenters. The van der Waals surface area contributed by atoms with Crippen molar-refractivity contribution in [1.29, 1.82) is 0 Å². The zero-order valence-corrected chi connectivity index (χ0v) is 16.1. The van der Waals surface area contributed by atoms with Crippen molar-refractivity contribution in [2.24, 2.45) is 16.7 Å². The van der Waals surface area contributed by atoms with E-state index in [2.05, 4.69) is 0 Å². The molecule has 3 heterocycles. The molecule has 7 aliphatic rings. The van der Waals surface area contributed by atoms with Gasteiger partial charge in [0, 0.05) is 18.8 Å². The van der Waals surface area contributed by atoms with E-state index in [-0.39, 0.29) is 47.8 Å². The molecule has 8 rings (SSSR count). The van der Waals surface area contributed by atoms with Crippen molar-refractivity contribution < 1.29 is 38.7 Å². The van der Waals surface area contributed by atoms with Crippen molar-refractivity contribution in [1.82, 2.24) is 0 Å². The van der Waals surface area contributed by atoms with E-state index in [4.69, 9.17) is 23.7 Å². The number of carbonyl (C=O) groups excluding carboxylic acids is 1. The molecule has 3 unspecified atom stereocenters. The third-order valence-electron chi connectivity index (χ3n) is 9.31. The summed E-state index contributed by atoms with van der Waals surface area (Å²) in [6, 6.07) is 9.06. The fourth-order valence-corrected chi connectivity index (χ4v) is 8.54. The van der Waals surface area contributed by atoms with Crippen molar-refractivity contribution in [2.45, 2.75) is 67.5 Å². The SMILES string of the molecule is O=C(O[C@]12C[C@]3(O[C@@H]4CC(O)[C@@H](CO)O4)[C@@H]4CC56C(O4)O[C@H]5[C@H]1[C@@]632)c1ccccc1. The molecular weight excluding hydrogens is 392 g/mol. The number of hydrogen-bond donors (Lipinski definition) is 2. The summed E-state index contributed by atoms with van der Waals surface area (Å²) in [5.74, 6) is -0.181. The number of aliphatic hydroxyl groups excluding tert-OH is 2. The second kappa shape index (κ2) is 4.77. The van der Waals surface area contributed by atoms with Crippen LogP contribution in [-0.2, 0) is 23.7 Å². The van der Waals surface area contributed by atoms with Crippen LogP contribution in [0.4, 0.5) is 0 Å². The van der Waals surface area contributed by atoms with Crippen LogP contribution in [0.3, 0.4) is 0 Å². The third kappa shape index (κ3) is 1.35. The van der Waals surface area contributed by atoms with Crippen molar-refractivity contribution in [3.63, 3.8) is 0 Å². The molecule has 158 valence electrons. The van der Waals surface area contributed by atoms with E-state index in [1.165, 1.54) is 0 Å². The van der Waals surface area contributed by atoms with Crippen LogP contribution in [0, 0.1) is 16.7 Å². The molecule has 0 aromatic heterocycles. The van der Waals surface area contributed by atoms with Gasteiger partial charge in [0.2, 0.25) is 0 Å². The Hall–Kier alpha value is -1.55. The molecule has 4 aliphatic carbocycles. The van der Waals surface area contributed by atoms with Crippen molar-refractivity contribution in [3.8, 4) is 0 Å². The van der Waals surface area contributed by atoms with E-state index in [1.54, 1.807) is 12.1 Å². The second-order valence-electron chi connectivity index (χ2n) is 9.96. The Kier molecular flexibility index (Phi) is 2.71. The molecule has 1 aromatic rings. The minimum Gasteiger partial charge on any atom is -0.454 e. The van der Waals surface area contributed by atoms with Gasteiger partial charge in [-0.1, -0.05) is 18.2 Å². The zero-order valence-electron chi connectivity index (χ0n) is 16.1. The quantitative estimate of drug-likeness (QED) is 0.666. The third-order valence-corrected chi connectivity index (χ3v) is 9.31. The van der Waals surface area contributed by atoms with Gasteiger partial charge in [-0.15, -0.1) is 0 Å². The predicted octanol–water partition coefficient (Wildman–Crippen LogP) is 0.353. The summed E-state index contributed by atoms with van der Waals surface area (Å²) >= 11 is 0. The highest BCUT2D eigenvalue weighted by Crippen LogP contribution is 3.05. The molecule has 2 bridgehead atoms. The number of carbonyl (C=O) groups is 1. The van der Waals surface area contributed by atoms with E-state index < -0.39 is 29.7 Å². The van der Waals surface area contributed by atoms with Crippen LogP contribution < -0.4 is 0 Å². The Morgan fingerprint density at radius 3 is 2.77 bits per heavy atom. The van der Waals surface area contributed by atoms with Crippen LogP contribution in [0.5, 0.6) is 0 Å². The van der Waals surface area contributed by atoms with Crippen molar-refractivity contribution >= 4 is 5.97 Å². The number of esters is 1. The van der Waals surface area contributed by atoms with E-state index in [0.717, 1.165) is 6.42 Å². The summed E-state index contributed by atoms with van der Waals surface area (Å²) < 4.78 is 30.7. The molecule has 3 saturated heterocycles. The first-order chi connectivity index (χ1) is 14.5. The van der Waals surface area contributed by atoms with Crippen LogP contribution in [-0.4, -0.2) is 71.0 Å². The number of aliphatic hydroxyl groups is 2. The summed E-state index contributed by atoms with van der Waals surface area (Å²) in [6.07, 6.45) is -0.575. The maximum Gasteiger partial charge on any atom is 0.338 e. The molecule has 3 aliphatic heterocycles. The minimum atomic E-state index is -0.753. The monoisotopic (exact) mass is 414 g/mol. The molecule has 8 nitrogen and oxygen atoms in total. The molecule has 2 spiro atoms. The fourth-order valence-electron chi connectivity index (χ4n) is 8.54. The second-order valence-corrected chi connectivity index (χ2v) is 9.96. The molecule has 30 heavy (non-hydrogen) atoms. The van der Waals surface area contributed by atoms with Gasteiger partial charge in [-0.25, -0.2) is 4.79 Å². The Bertz CT molecular complexity index is 985. The van der Waals surface area contributed by atoms with E-state index in [1.807, 2.05) is 18.2 Å². The highest BCUT2D eigenvalue weighted by molar-refractivity contribution is 5.90. The van der Waals surface area contributed by atoms with Crippen molar-refractivity contribution in [2.75, 3.05) is 6.61 Å². The number of hydrogen-bond acceptors (Lipinski definition) is 8. The van der Waals surface area contributed by atoms with Gasteiger partial charge in [-0.2, -0.15) is 0 Å². The number of rotatable bonds is 5. The Morgan fingerprint density at radius 2 is 2.00 bits per heavy atom. The van der Waals surface area contributed by atoms with Gasteiger partial charge in [0.05, 0.1) is 41.3 Å². The molecule has 2 N–H and O–H groups in total. The summed E-state index contributed by atoms with van der Waals surface area (Å²) in [7, 11) is 0. The summed E-state index contributed by atoms with van der Waals surface area (Å²) in [6.45, 7) is -0.248. The van der Waals surface area contributed by atoms with Crippen molar-refractivity contribution in [3.05, 3.63) is 35.9 Å². The molecule has 8 heteroatoms. The lowest BCUT2D eigenvalue weighted by molar-refractivity contribution is -0.458. The molecule has 4 saturated carbocycles. The number of benzene rings is 1. The average Bonchev–Trinajstić information content (AvgIpc) is 3.13. The molecular formula is C22H22O8. The van der Waals surface area contributed by atoms with E-state index in [9.17, 15) is 15.0 Å². The lowest BCUT2D eigenvalue weighted by Gasteiger charge is -2.68. The number of ether oxygens (including phenoxy) is 5. The van der Waals surface area contributed by atoms with Gasteiger partial charge in [0.1, 0.15) is 17.3 Å². The first-order valence-electron chi connectivity index (χ1n) is 10.8. The summed E-state index contributed by atoms with van der Waals surface area (Å²) in [4.78, 5) is 12.9. The lowest BCUT2D eigenvalue weighted by atomic mass is 9.48. The maximum absolute atomic E-state index is 12.9. The largest absolute Gasteiger partial charge is 0.454 e. The smallest absolute Gasteiger partial charge is 0.338 e. The Balaban J connectivity index is 1.13. The highest BCUT2D eigenvalue weighted by Gasteiger charge is 3.18. The van der Waals surface area contributed by atoms with Crippen LogP contribution >= 0.6 is 0 Å². The summed E-state index contributed by atoms with van der Waals surface area (Å²) in [5, 5.41) is 19.5. The molecule has 0 amide bonds. The standard InChI is InChI=1S/C22H22O8/c23-8-12-11(24)6-14(26-12)29-20-9-21(30-17(25)10-4-2-1-3-5-10)15-16-19(22(15,20)21)7-13(20)27-18(19)28-16/h1-5,11-16,18,23-24H,6-9H2/t11?,12-,13+,14-,15-,16+,18?,19?,20+,21-,22-/m1/s1. The Morgan fingerprint density at radius 1 is 1.17 bits per heavy atom. The lowest BCUT2D eigenvalue weighted by Crippen LogP contribution is -2.80. The van der Waals surface area contributed by atoms with Crippen LogP contribution in [0.2, 0.25) is 0 Å². The van der Waals surface area contributed by atoms with Crippen LogP contribution in [0.15, 0.2) is 30.3 Å².